The highest BCUT2D eigenvalue weighted by Crippen LogP contribution is 2.29. The molecule has 0 fully saturated rings. The molecule has 0 saturated heterocycles. The Balaban J connectivity index is 2.38. The molecule has 112 valence electrons. The van der Waals surface area contributed by atoms with Gasteiger partial charge in [0.05, 0.1) is 5.56 Å². The Morgan fingerprint density at radius 2 is 1.67 bits per heavy atom. The molecule has 21 heavy (non-hydrogen) atoms. The second-order valence-corrected chi connectivity index (χ2v) is 5.19. The van der Waals surface area contributed by atoms with E-state index in [1.54, 1.807) is 19.1 Å². The molecule has 0 aliphatic heterocycles. The van der Waals surface area contributed by atoms with Gasteiger partial charge in [0.2, 0.25) is 0 Å². The third-order valence-electron chi connectivity index (χ3n) is 3.74. The van der Waals surface area contributed by atoms with Gasteiger partial charge in [-0.25, -0.2) is 8.78 Å². The van der Waals surface area contributed by atoms with Crippen LogP contribution in [-0.2, 0) is 0 Å². The minimum Gasteiger partial charge on any atom is -0.310 e. The van der Waals surface area contributed by atoms with Gasteiger partial charge in [0.25, 0.3) is 0 Å². The molecule has 0 spiro atoms. The molecule has 0 bridgehead atoms. The van der Waals surface area contributed by atoms with E-state index in [9.17, 15) is 8.78 Å². The molecular formula is C18H21F2N. The fourth-order valence-corrected chi connectivity index (χ4v) is 2.55. The Hall–Kier alpha value is -1.74. The summed E-state index contributed by atoms with van der Waals surface area (Å²) >= 11 is 0. The lowest BCUT2D eigenvalue weighted by atomic mass is 9.97. The van der Waals surface area contributed by atoms with Gasteiger partial charge in [-0.3, -0.25) is 0 Å². The molecule has 0 heterocycles. The van der Waals surface area contributed by atoms with Crippen LogP contribution >= 0.6 is 0 Å². The largest absolute Gasteiger partial charge is 0.310 e. The molecule has 3 heteroatoms. The fraction of sp³-hybridized carbons (Fsp3) is 0.333. The lowest BCUT2D eigenvalue weighted by Crippen LogP contribution is -2.19. The lowest BCUT2D eigenvalue weighted by Gasteiger charge is -2.17. The number of halogens is 2. The quantitative estimate of drug-likeness (QED) is 0.816. The lowest BCUT2D eigenvalue weighted by molar-refractivity contribution is 0.537. The van der Waals surface area contributed by atoms with Gasteiger partial charge < -0.3 is 5.32 Å². The van der Waals surface area contributed by atoms with Crippen molar-refractivity contribution < 1.29 is 8.78 Å². The van der Waals surface area contributed by atoms with Gasteiger partial charge in [-0.05, 0) is 42.6 Å². The van der Waals surface area contributed by atoms with Crippen molar-refractivity contribution in [2.45, 2.75) is 33.2 Å². The summed E-state index contributed by atoms with van der Waals surface area (Å²) in [4.78, 5) is 0. The highest BCUT2D eigenvalue weighted by Gasteiger charge is 2.14. The van der Waals surface area contributed by atoms with Gasteiger partial charge in [-0.1, -0.05) is 44.2 Å². The van der Waals surface area contributed by atoms with Crippen molar-refractivity contribution in [3.63, 3.8) is 0 Å². The Bertz CT molecular complexity index is 605. The average Bonchev–Trinajstić information content (AvgIpc) is 2.50. The van der Waals surface area contributed by atoms with E-state index < -0.39 is 11.6 Å². The van der Waals surface area contributed by atoms with E-state index in [4.69, 9.17) is 0 Å². The zero-order valence-corrected chi connectivity index (χ0v) is 12.7. The third-order valence-corrected chi connectivity index (χ3v) is 3.74. The second-order valence-electron chi connectivity index (χ2n) is 5.19. The van der Waals surface area contributed by atoms with Crippen LogP contribution in [0.2, 0.25) is 0 Å². The number of benzene rings is 2. The first kappa shape index (κ1) is 15.6. The van der Waals surface area contributed by atoms with Gasteiger partial charge in [0, 0.05) is 6.04 Å². The van der Waals surface area contributed by atoms with Gasteiger partial charge >= 0.3 is 0 Å². The maximum absolute atomic E-state index is 14.1. The Kier molecular flexibility index (Phi) is 5.07. The number of aryl methyl sites for hydroxylation is 1. The first-order valence-corrected chi connectivity index (χ1v) is 7.36. The minimum atomic E-state index is -0.524. The first-order valence-electron chi connectivity index (χ1n) is 7.36. The minimum absolute atomic E-state index is 0.0537. The normalized spacial score (nSPS) is 12.4. The van der Waals surface area contributed by atoms with Crippen LogP contribution in [0.15, 0.2) is 36.4 Å². The Morgan fingerprint density at radius 3 is 2.24 bits per heavy atom. The summed E-state index contributed by atoms with van der Waals surface area (Å²) in [6.45, 7) is 6.71. The van der Waals surface area contributed by atoms with Crippen LogP contribution in [0, 0.1) is 18.6 Å². The van der Waals surface area contributed by atoms with Crippen molar-refractivity contribution >= 4 is 0 Å². The summed E-state index contributed by atoms with van der Waals surface area (Å²) < 4.78 is 28.1. The van der Waals surface area contributed by atoms with E-state index in [1.165, 1.54) is 12.1 Å². The maximum Gasteiger partial charge on any atom is 0.136 e. The zero-order valence-electron chi connectivity index (χ0n) is 12.7. The summed E-state index contributed by atoms with van der Waals surface area (Å²) in [7, 11) is 0. The standard InChI is InChI=1S/C18H21F2N/c1-4-16(21-5-2)13-7-9-14(10-8-13)17-15(19)11-6-12(3)18(17)20/h6-11,16,21H,4-5H2,1-3H3. The molecule has 2 aromatic carbocycles. The molecule has 1 atom stereocenters. The van der Waals surface area contributed by atoms with E-state index in [0.717, 1.165) is 18.5 Å². The van der Waals surface area contributed by atoms with E-state index in [0.29, 0.717) is 11.1 Å². The number of nitrogens with one attached hydrogen (secondary N) is 1. The topological polar surface area (TPSA) is 12.0 Å². The van der Waals surface area contributed by atoms with Crippen LogP contribution in [0.25, 0.3) is 11.1 Å². The van der Waals surface area contributed by atoms with Crippen molar-refractivity contribution in [3.8, 4) is 11.1 Å². The molecule has 2 aromatic rings. The molecule has 0 saturated carbocycles. The number of rotatable bonds is 5. The molecule has 1 N–H and O–H groups in total. The zero-order chi connectivity index (χ0) is 15.4. The summed E-state index contributed by atoms with van der Waals surface area (Å²) in [5.41, 5.74) is 2.22. The van der Waals surface area contributed by atoms with Crippen LogP contribution in [0.3, 0.4) is 0 Å². The molecule has 1 nitrogen and oxygen atoms in total. The maximum atomic E-state index is 14.1. The van der Waals surface area contributed by atoms with Crippen molar-refractivity contribution in [3.05, 3.63) is 59.2 Å². The number of hydrogen-bond donors (Lipinski definition) is 1. The van der Waals surface area contributed by atoms with E-state index in [-0.39, 0.29) is 11.6 Å². The Morgan fingerprint density at radius 1 is 1.00 bits per heavy atom. The average molecular weight is 289 g/mol. The molecule has 0 amide bonds. The van der Waals surface area contributed by atoms with Crippen molar-refractivity contribution in [2.75, 3.05) is 6.54 Å². The van der Waals surface area contributed by atoms with Crippen LogP contribution in [0.5, 0.6) is 0 Å². The molecule has 1 unspecified atom stereocenters. The predicted molar refractivity (Wildman–Crippen MR) is 83.2 cm³/mol. The molecular weight excluding hydrogens is 268 g/mol. The second kappa shape index (κ2) is 6.81. The summed E-state index contributed by atoms with van der Waals surface area (Å²) in [6.07, 6.45) is 0.973. The van der Waals surface area contributed by atoms with Gasteiger partial charge in [-0.15, -0.1) is 0 Å². The summed E-state index contributed by atoms with van der Waals surface area (Å²) in [6, 6.07) is 10.5. The van der Waals surface area contributed by atoms with E-state index in [1.807, 2.05) is 12.1 Å². The molecule has 0 aromatic heterocycles. The van der Waals surface area contributed by atoms with Gasteiger partial charge in [0.15, 0.2) is 0 Å². The molecule has 0 aliphatic rings. The van der Waals surface area contributed by atoms with Crippen LogP contribution < -0.4 is 5.32 Å². The summed E-state index contributed by atoms with van der Waals surface area (Å²) in [5, 5.41) is 3.39. The van der Waals surface area contributed by atoms with Crippen LogP contribution in [0.1, 0.15) is 37.4 Å². The fourth-order valence-electron chi connectivity index (χ4n) is 2.55. The molecule has 0 aliphatic carbocycles. The van der Waals surface area contributed by atoms with Crippen molar-refractivity contribution in [1.29, 1.82) is 0 Å². The predicted octanol–water partition coefficient (Wildman–Crippen LogP) is 5.00. The van der Waals surface area contributed by atoms with Crippen molar-refractivity contribution in [1.82, 2.24) is 5.32 Å². The van der Waals surface area contributed by atoms with E-state index in [2.05, 4.69) is 19.2 Å². The highest BCUT2D eigenvalue weighted by atomic mass is 19.1. The molecule has 0 radical (unpaired) electrons. The molecule has 2 rings (SSSR count). The Labute approximate surface area is 125 Å². The number of hydrogen-bond acceptors (Lipinski definition) is 1. The third kappa shape index (κ3) is 3.30. The smallest absolute Gasteiger partial charge is 0.136 e. The van der Waals surface area contributed by atoms with Crippen molar-refractivity contribution in [2.24, 2.45) is 0 Å². The van der Waals surface area contributed by atoms with E-state index >= 15 is 0 Å². The SMILES string of the molecule is CCNC(CC)c1ccc(-c2c(F)ccc(C)c2F)cc1. The van der Waals surface area contributed by atoms with Crippen LogP contribution in [0.4, 0.5) is 8.78 Å². The first-order chi connectivity index (χ1) is 10.1. The van der Waals surface area contributed by atoms with Crippen LogP contribution in [-0.4, -0.2) is 6.54 Å². The van der Waals surface area contributed by atoms with Gasteiger partial charge in [-0.2, -0.15) is 0 Å². The monoisotopic (exact) mass is 289 g/mol. The highest BCUT2D eigenvalue weighted by molar-refractivity contribution is 5.66. The summed E-state index contributed by atoms with van der Waals surface area (Å²) in [5.74, 6) is -1.01. The van der Waals surface area contributed by atoms with Gasteiger partial charge in [0.1, 0.15) is 11.6 Å².